The molecule has 0 saturated carbocycles. The number of amides is 3. The molecule has 182 valence electrons. The van der Waals surface area contributed by atoms with Crippen LogP contribution in [0.15, 0.2) is 24.3 Å². The maximum absolute atomic E-state index is 12.9. The first-order valence-corrected chi connectivity index (χ1v) is 10.6. The van der Waals surface area contributed by atoms with Gasteiger partial charge in [0.1, 0.15) is 17.8 Å². The molecule has 1 aliphatic rings. The summed E-state index contributed by atoms with van der Waals surface area (Å²) in [7, 11) is 0. The highest BCUT2D eigenvalue weighted by molar-refractivity contribution is 5.94. The van der Waals surface area contributed by atoms with Crippen molar-refractivity contribution in [3.05, 3.63) is 29.8 Å². The number of carboxylic acids is 1. The number of aromatic hydroxyl groups is 1. The van der Waals surface area contributed by atoms with Crippen LogP contribution >= 0.6 is 0 Å². The second kappa shape index (κ2) is 12.1. The van der Waals surface area contributed by atoms with Crippen molar-refractivity contribution < 1.29 is 39.6 Å². The van der Waals surface area contributed by atoms with Gasteiger partial charge in [-0.25, -0.2) is 4.79 Å². The smallest absolute Gasteiger partial charge is 0.328 e. The number of phenolic OH excluding ortho intramolecular Hbond substituents is 1. The summed E-state index contributed by atoms with van der Waals surface area (Å²) in [6, 6.07) is 1.29. The standard InChI is InChI=1S/C21H30N4O8/c1-11(27)17(21(32)33)25-20(31)16(10-26)24-19(30)15(9-12-4-6-13(28)7-5-12)23-18(29)14-3-2-8-22-14/h4-7,11,14-17,22,26-28H,2-3,8-10H2,1H3,(H,23,29)(H,24,30)(H,25,31)(H,32,33). The summed E-state index contributed by atoms with van der Waals surface area (Å²) in [5.74, 6) is -3.62. The number of carbonyl (C=O) groups is 4. The third kappa shape index (κ3) is 7.70. The van der Waals surface area contributed by atoms with E-state index in [1.807, 2.05) is 0 Å². The number of nitrogens with one attached hydrogen (secondary N) is 4. The van der Waals surface area contributed by atoms with Crippen LogP contribution in [0.3, 0.4) is 0 Å². The zero-order valence-corrected chi connectivity index (χ0v) is 18.2. The van der Waals surface area contributed by atoms with Crippen LogP contribution in [0, 0.1) is 0 Å². The molecule has 1 aromatic rings. The Labute approximate surface area is 190 Å². The molecular formula is C21H30N4O8. The predicted molar refractivity (Wildman–Crippen MR) is 115 cm³/mol. The van der Waals surface area contributed by atoms with Gasteiger partial charge in [0.15, 0.2) is 6.04 Å². The van der Waals surface area contributed by atoms with E-state index in [1.165, 1.54) is 19.1 Å². The van der Waals surface area contributed by atoms with E-state index in [1.54, 1.807) is 12.1 Å². The Morgan fingerprint density at radius 2 is 1.70 bits per heavy atom. The van der Waals surface area contributed by atoms with Gasteiger partial charge in [-0.1, -0.05) is 12.1 Å². The predicted octanol–water partition coefficient (Wildman–Crippen LogP) is -2.40. The highest BCUT2D eigenvalue weighted by Gasteiger charge is 2.32. The van der Waals surface area contributed by atoms with Gasteiger partial charge in [0, 0.05) is 6.42 Å². The van der Waals surface area contributed by atoms with E-state index in [0.717, 1.165) is 6.42 Å². The van der Waals surface area contributed by atoms with E-state index in [2.05, 4.69) is 21.3 Å². The maximum atomic E-state index is 12.9. The number of aliphatic hydroxyl groups excluding tert-OH is 2. The Morgan fingerprint density at radius 3 is 2.21 bits per heavy atom. The minimum absolute atomic E-state index is 0.0297. The molecule has 8 N–H and O–H groups in total. The number of aliphatic hydroxyl groups is 2. The molecule has 12 heteroatoms. The Hall–Kier alpha value is -3.22. The van der Waals surface area contributed by atoms with Crippen LogP contribution < -0.4 is 21.3 Å². The number of aliphatic carboxylic acids is 1. The van der Waals surface area contributed by atoms with Gasteiger partial charge in [0.25, 0.3) is 0 Å². The van der Waals surface area contributed by atoms with Crippen LogP contribution in [-0.2, 0) is 25.6 Å². The summed E-state index contributed by atoms with van der Waals surface area (Å²) in [6.45, 7) is 1.01. The Balaban J connectivity index is 2.13. The topological polar surface area (TPSA) is 197 Å². The van der Waals surface area contributed by atoms with Crippen LogP contribution in [0.1, 0.15) is 25.3 Å². The highest BCUT2D eigenvalue weighted by atomic mass is 16.4. The van der Waals surface area contributed by atoms with Gasteiger partial charge in [0.05, 0.1) is 18.8 Å². The number of hydrogen-bond acceptors (Lipinski definition) is 8. The molecule has 1 fully saturated rings. The molecule has 5 unspecified atom stereocenters. The van der Waals surface area contributed by atoms with Crippen LogP contribution in [0.4, 0.5) is 0 Å². The van der Waals surface area contributed by atoms with Gasteiger partial charge in [-0.05, 0) is 44.0 Å². The molecule has 0 spiro atoms. The summed E-state index contributed by atoms with van der Waals surface area (Å²) >= 11 is 0. The van der Waals surface area contributed by atoms with Gasteiger partial charge < -0.3 is 41.7 Å². The van der Waals surface area contributed by atoms with Crippen molar-refractivity contribution in [3.63, 3.8) is 0 Å². The monoisotopic (exact) mass is 466 g/mol. The van der Waals surface area contributed by atoms with Gasteiger partial charge in [-0.15, -0.1) is 0 Å². The highest BCUT2D eigenvalue weighted by Crippen LogP contribution is 2.12. The van der Waals surface area contributed by atoms with Crippen LogP contribution in [0.2, 0.25) is 0 Å². The summed E-state index contributed by atoms with van der Waals surface area (Å²) in [5.41, 5.74) is 0.623. The number of hydrogen-bond donors (Lipinski definition) is 8. The van der Waals surface area contributed by atoms with Crippen molar-refractivity contribution in [2.24, 2.45) is 0 Å². The van der Waals surface area contributed by atoms with Crippen LogP contribution in [0.25, 0.3) is 0 Å². The SMILES string of the molecule is CC(O)C(NC(=O)C(CO)NC(=O)C(Cc1ccc(O)cc1)NC(=O)C1CCCN1)C(=O)O. The average Bonchev–Trinajstić information content (AvgIpc) is 3.31. The molecule has 33 heavy (non-hydrogen) atoms. The molecule has 1 saturated heterocycles. The molecular weight excluding hydrogens is 436 g/mol. The van der Waals surface area contributed by atoms with Gasteiger partial charge >= 0.3 is 5.97 Å². The number of benzene rings is 1. The van der Waals surface area contributed by atoms with Crippen LogP contribution in [-0.4, -0.2) is 87.5 Å². The Kier molecular flexibility index (Phi) is 9.57. The van der Waals surface area contributed by atoms with Gasteiger partial charge in [-0.3, -0.25) is 14.4 Å². The van der Waals surface area contributed by atoms with Crippen molar-refractivity contribution in [1.29, 1.82) is 0 Å². The van der Waals surface area contributed by atoms with Gasteiger partial charge in [-0.2, -0.15) is 0 Å². The van der Waals surface area contributed by atoms with Gasteiger partial charge in [0.2, 0.25) is 17.7 Å². The van der Waals surface area contributed by atoms with Crippen molar-refractivity contribution in [2.45, 2.75) is 56.5 Å². The summed E-state index contributed by atoms with van der Waals surface area (Å²) in [4.78, 5) is 49.1. The number of rotatable bonds is 11. The average molecular weight is 466 g/mol. The first-order valence-electron chi connectivity index (χ1n) is 10.6. The number of carboxylic acid groups (broad SMARTS) is 1. The molecule has 0 aliphatic carbocycles. The van der Waals surface area contributed by atoms with Crippen LogP contribution in [0.5, 0.6) is 5.75 Å². The molecule has 1 heterocycles. The van der Waals surface area contributed by atoms with E-state index >= 15 is 0 Å². The minimum atomic E-state index is -1.63. The molecule has 1 aliphatic heterocycles. The molecule has 12 nitrogen and oxygen atoms in total. The molecule has 0 radical (unpaired) electrons. The van der Waals surface area contributed by atoms with Crippen molar-refractivity contribution in [2.75, 3.05) is 13.2 Å². The summed E-state index contributed by atoms with van der Waals surface area (Å²) in [5, 5.41) is 47.7. The molecule has 5 atom stereocenters. The molecule has 0 bridgehead atoms. The maximum Gasteiger partial charge on any atom is 0.328 e. The fourth-order valence-corrected chi connectivity index (χ4v) is 3.37. The third-order valence-corrected chi connectivity index (χ3v) is 5.25. The van der Waals surface area contributed by atoms with Crippen molar-refractivity contribution >= 4 is 23.7 Å². The zero-order valence-electron chi connectivity index (χ0n) is 18.2. The lowest BCUT2D eigenvalue weighted by atomic mass is 10.0. The largest absolute Gasteiger partial charge is 0.508 e. The first-order chi connectivity index (χ1) is 15.6. The van der Waals surface area contributed by atoms with Crippen molar-refractivity contribution in [1.82, 2.24) is 21.3 Å². The van der Waals surface area contributed by atoms with Crippen molar-refractivity contribution in [3.8, 4) is 5.75 Å². The summed E-state index contributed by atoms with van der Waals surface area (Å²) in [6.07, 6.45) is 0.0439. The lowest BCUT2D eigenvalue weighted by molar-refractivity contribution is -0.145. The second-order valence-electron chi connectivity index (χ2n) is 7.89. The van der Waals surface area contributed by atoms with E-state index in [0.29, 0.717) is 18.5 Å². The quantitative estimate of drug-likeness (QED) is 0.175. The molecule has 3 amide bonds. The normalized spacial score (nSPS) is 19.1. The molecule has 1 aromatic carbocycles. The molecule has 2 rings (SSSR count). The van der Waals surface area contributed by atoms with E-state index in [9.17, 15) is 34.5 Å². The lowest BCUT2D eigenvalue weighted by Crippen LogP contribution is -2.59. The third-order valence-electron chi connectivity index (χ3n) is 5.25. The minimum Gasteiger partial charge on any atom is -0.508 e. The fraction of sp³-hybridized carbons (Fsp3) is 0.524. The number of phenols is 1. The number of carbonyl (C=O) groups excluding carboxylic acids is 3. The Morgan fingerprint density at radius 1 is 1.06 bits per heavy atom. The lowest BCUT2D eigenvalue weighted by Gasteiger charge is -2.25. The summed E-state index contributed by atoms with van der Waals surface area (Å²) < 4.78 is 0. The fourth-order valence-electron chi connectivity index (χ4n) is 3.37. The first kappa shape index (κ1) is 26.0. The molecule has 0 aromatic heterocycles. The Bertz CT molecular complexity index is 839. The zero-order chi connectivity index (χ0) is 24.5. The van der Waals surface area contributed by atoms with E-state index < -0.39 is 60.6 Å². The van der Waals surface area contributed by atoms with E-state index in [4.69, 9.17) is 5.11 Å². The second-order valence-corrected chi connectivity index (χ2v) is 7.89. The van der Waals surface area contributed by atoms with E-state index in [-0.39, 0.29) is 12.2 Å².